The number of hydrogen-bond acceptors (Lipinski definition) is 1. The Morgan fingerprint density at radius 2 is 2.14 bits per heavy atom. The highest BCUT2D eigenvalue weighted by molar-refractivity contribution is 9.10. The van der Waals surface area contributed by atoms with Crippen molar-refractivity contribution in [3.05, 3.63) is 33.8 Å². The summed E-state index contributed by atoms with van der Waals surface area (Å²) >= 11 is 3.53. The van der Waals surface area contributed by atoms with Crippen LogP contribution in [0.15, 0.2) is 22.7 Å². The Morgan fingerprint density at radius 3 is 2.86 bits per heavy atom. The molecule has 14 heavy (non-hydrogen) atoms. The van der Waals surface area contributed by atoms with Crippen molar-refractivity contribution in [3.63, 3.8) is 0 Å². The summed E-state index contributed by atoms with van der Waals surface area (Å²) in [6, 6.07) is 6.61. The first kappa shape index (κ1) is 10.2. The van der Waals surface area contributed by atoms with E-state index < -0.39 is 0 Å². The highest BCUT2D eigenvalue weighted by Crippen LogP contribution is 2.39. The Balaban J connectivity index is 2.46. The SMILES string of the molecule is CC1CCC(CN)c2cc(Br)ccc21. The zero-order valence-corrected chi connectivity index (χ0v) is 10.0. The lowest BCUT2D eigenvalue weighted by Crippen LogP contribution is -2.19. The fourth-order valence-electron chi connectivity index (χ4n) is 2.35. The summed E-state index contributed by atoms with van der Waals surface area (Å²) in [6.07, 6.45) is 2.51. The Hall–Kier alpha value is -0.340. The molecule has 0 aromatic heterocycles. The van der Waals surface area contributed by atoms with Crippen molar-refractivity contribution >= 4 is 15.9 Å². The largest absolute Gasteiger partial charge is 0.330 e. The summed E-state index contributed by atoms with van der Waals surface area (Å²) < 4.78 is 1.17. The maximum atomic E-state index is 5.80. The van der Waals surface area contributed by atoms with Crippen LogP contribution in [0, 0.1) is 0 Å². The van der Waals surface area contributed by atoms with Gasteiger partial charge in [-0.15, -0.1) is 0 Å². The second kappa shape index (κ2) is 4.03. The molecule has 1 aliphatic rings. The first-order valence-corrected chi connectivity index (χ1v) is 6.01. The Morgan fingerprint density at radius 1 is 1.36 bits per heavy atom. The van der Waals surface area contributed by atoms with E-state index in [1.807, 2.05) is 0 Å². The van der Waals surface area contributed by atoms with E-state index in [2.05, 4.69) is 41.1 Å². The molecular weight excluding hydrogens is 238 g/mol. The van der Waals surface area contributed by atoms with E-state index in [0.29, 0.717) is 11.8 Å². The molecule has 0 amide bonds. The fraction of sp³-hybridized carbons (Fsp3) is 0.500. The number of hydrogen-bond donors (Lipinski definition) is 1. The van der Waals surface area contributed by atoms with Gasteiger partial charge in [0.2, 0.25) is 0 Å². The lowest BCUT2D eigenvalue weighted by Gasteiger charge is -2.29. The van der Waals surface area contributed by atoms with Crippen LogP contribution in [-0.4, -0.2) is 6.54 Å². The van der Waals surface area contributed by atoms with E-state index >= 15 is 0 Å². The molecule has 0 spiro atoms. The van der Waals surface area contributed by atoms with Crippen molar-refractivity contribution in [2.45, 2.75) is 31.6 Å². The summed E-state index contributed by atoms with van der Waals surface area (Å²) in [4.78, 5) is 0. The Kier molecular flexibility index (Phi) is 2.93. The van der Waals surface area contributed by atoms with Gasteiger partial charge in [0.1, 0.15) is 0 Å². The van der Waals surface area contributed by atoms with Crippen LogP contribution in [-0.2, 0) is 0 Å². The lowest BCUT2D eigenvalue weighted by molar-refractivity contribution is 0.508. The van der Waals surface area contributed by atoms with Crippen LogP contribution in [0.2, 0.25) is 0 Å². The normalized spacial score (nSPS) is 25.9. The van der Waals surface area contributed by atoms with Gasteiger partial charge >= 0.3 is 0 Å². The first-order valence-electron chi connectivity index (χ1n) is 5.21. The molecule has 0 saturated carbocycles. The maximum absolute atomic E-state index is 5.80. The molecule has 0 fully saturated rings. The summed E-state index contributed by atoms with van der Waals surface area (Å²) in [5.74, 6) is 1.26. The van der Waals surface area contributed by atoms with Gasteiger partial charge in [0.25, 0.3) is 0 Å². The van der Waals surface area contributed by atoms with Crippen molar-refractivity contribution in [1.29, 1.82) is 0 Å². The zero-order valence-electron chi connectivity index (χ0n) is 8.46. The highest BCUT2D eigenvalue weighted by Gasteiger charge is 2.23. The standard InChI is InChI=1S/C12H16BrN/c1-8-2-3-9(7-14)12-6-10(13)4-5-11(8)12/h4-6,8-9H,2-3,7,14H2,1H3. The predicted octanol–water partition coefficient (Wildman–Crippen LogP) is 3.39. The molecule has 0 heterocycles. The summed E-state index contributed by atoms with van der Waals surface area (Å²) in [5.41, 5.74) is 8.75. The minimum atomic E-state index is 0.568. The second-order valence-corrected chi connectivity index (χ2v) is 5.10. The van der Waals surface area contributed by atoms with Gasteiger partial charge < -0.3 is 5.73 Å². The lowest BCUT2D eigenvalue weighted by atomic mass is 9.77. The molecule has 1 nitrogen and oxygen atoms in total. The number of rotatable bonds is 1. The number of halogens is 1. The van der Waals surface area contributed by atoms with Gasteiger partial charge in [0, 0.05) is 4.47 Å². The van der Waals surface area contributed by atoms with Crippen LogP contribution in [0.4, 0.5) is 0 Å². The molecule has 1 aromatic rings. The third-order valence-electron chi connectivity index (χ3n) is 3.25. The van der Waals surface area contributed by atoms with E-state index in [1.54, 1.807) is 0 Å². The number of fused-ring (bicyclic) bond motifs is 1. The van der Waals surface area contributed by atoms with Gasteiger partial charge in [-0.05, 0) is 54.5 Å². The first-order chi connectivity index (χ1) is 6.72. The third-order valence-corrected chi connectivity index (χ3v) is 3.75. The minimum Gasteiger partial charge on any atom is -0.330 e. The van der Waals surface area contributed by atoms with Crippen molar-refractivity contribution < 1.29 is 0 Å². The predicted molar refractivity (Wildman–Crippen MR) is 63.6 cm³/mol. The molecule has 1 aliphatic carbocycles. The van der Waals surface area contributed by atoms with Crippen molar-refractivity contribution in [2.75, 3.05) is 6.54 Å². The smallest absolute Gasteiger partial charge is 0.0178 e. The van der Waals surface area contributed by atoms with Gasteiger partial charge in [0.05, 0.1) is 0 Å². The molecule has 2 unspecified atom stereocenters. The van der Waals surface area contributed by atoms with Gasteiger partial charge in [-0.3, -0.25) is 0 Å². The monoisotopic (exact) mass is 253 g/mol. The molecule has 2 N–H and O–H groups in total. The van der Waals surface area contributed by atoms with E-state index in [9.17, 15) is 0 Å². The molecule has 0 aliphatic heterocycles. The number of benzene rings is 1. The van der Waals surface area contributed by atoms with Crippen LogP contribution < -0.4 is 5.73 Å². The average molecular weight is 254 g/mol. The summed E-state index contributed by atoms with van der Waals surface area (Å²) in [6.45, 7) is 3.08. The molecule has 76 valence electrons. The number of nitrogens with two attached hydrogens (primary N) is 1. The van der Waals surface area contributed by atoms with Gasteiger partial charge in [0.15, 0.2) is 0 Å². The molecule has 2 rings (SSSR count). The maximum Gasteiger partial charge on any atom is 0.0178 e. The van der Waals surface area contributed by atoms with Gasteiger partial charge in [-0.25, -0.2) is 0 Å². The molecule has 0 radical (unpaired) electrons. The van der Waals surface area contributed by atoms with Crippen LogP contribution >= 0.6 is 15.9 Å². The van der Waals surface area contributed by atoms with Gasteiger partial charge in [-0.2, -0.15) is 0 Å². The van der Waals surface area contributed by atoms with E-state index in [1.165, 1.54) is 28.4 Å². The van der Waals surface area contributed by atoms with Crippen LogP contribution in [0.1, 0.15) is 42.7 Å². The van der Waals surface area contributed by atoms with E-state index in [0.717, 1.165) is 6.54 Å². The third kappa shape index (κ3) is 1.73. The topological polar surface area (TPSA) is 26.0 Å². The Labute approximate surface area is 93.8 Å². The molecule has 0 bridgehead atoms. The molecule has 0 saturated heterocycles. The van der Waals surface area contributed by atoms with E-state index in [-0.39, 0.29) is 0 Å². The van der Waals surface area contributed by atoms with Crippen LogP contribution in [0.25, 0.3) is 0 Å². The minimum absolute atomic E-state index is 0.568. The Bertz CT molecular complexity index is 335. The quantitative estimate of drug-likeness (QED) is 0.816. The fourth-order valence-corrected chi connectivity index (χ4v) is 2.73. The second-order valence-electron chi connectivity index (χ2n) is 4.18. The van der Waals surface area contributed by atoms with Crippen molar-refractivity contribution in [2.24, 2.45) is 5.73 Å². The summed E-state index contributed by atoms with van der Waals surface area (Å²) in [7, 11) is 0. The zero-order chi connectivity index (χ0) is 10.1. The highest BCUT2D eigenvalue weighted by atomic mass is 79.9. The molecule has 2 heteroatoms. The molecule has 1 aromatic carbocycles. The van der Waals surface area contributed by atoms with Crippen LogP contribution in [0.3, 0.4) is 0 Å². The van der Waals surface area contributed by atoms with Crippen LogP contribution in [0.5, 0.6) is 0 Å². The summed E-state index contributed by atoms with van der Waals surface area (Å²) in [5, 5.41) is 0. The van der Waals surface area contributed by atoms with E-state index in [4.69, 9.17) is 5.73 Å². The van der Waals surface area contributed by atoms with Gasteiger partial charge in [-0.1, -0.05) is 28.9 Å². The van der Waals surface area contributed by atoms with Crippen molar-refractivity contribution in [3.8, 4) is 0 Å². The molecular formula is C12H16BrN. The van der Waals surface area contributed by atoms with Crippen molar-refractivity contribution in [1.82, 2.24) is 0 Å². The average Bonchev–Trinajstić information content (AvgIpc) is 2.18. The molecule has 2 atom stereocenters.